The van der Waals surface area contributed by atoms with Gasteiger partial charge in [0.05, 0.1) is 24.9 Å². The van der Waals surface area contributed by atoms with Crippen molar-refractivity contribution in [2.45, 2.75) is 13.0 Å². The second-order valence-electron chi connectivity index (χ2n) is 6.56. The van der Waals surface area contributed by atoms with Crippen LogP contribution in [0.5, 0.6) is 0 Å². The molecule has 0 bridgehead atoms. The van der Waals surface area contributed by atoms with E-state index in [1.54, 1.807) is 23.4 Å². The van der Waals surface area contributed by atoms with Crippen molar-refractivity contribution in [1.29, 1.82) is 0 Å². The lowest BCUT2D eigenvalue weighted by atomic mass is 10.2. The van der Waals surface area contributed by atoms with Crippen molar-refractivity contribution in [2.24, 2.45) is 7.05 Å². The van der Waals surface area contributed by atoms with Crippen molar-refractivity contribution < 1.29 is 4.74 Å². The highest BCUT2D eigenvalue weighted by molar-refractivity contribution is 5.74. The number of aryl methyl sites for hydroxylation is 1. The van der Waals surface area contributed by atoms with Crippen molar-refractivity contribution in [2.75, 3.05) is 24.7 Å². The highest BCUT2D eigenvalue weighted by atomic mass is 16.5. The van der Waals surface area contributed by atoms with Gasteiger partial charge in [-0.3, -0.25) is 14.2 Å². The number of anilines is 1. The first-order chi connectivity index (χ1) is 13.2. The van der Waals surface area contributed by atoms with Gasteiger partial charge in [0, 0.05) is 26.0 Å². The smallest absolute Gasteiger partial charge is 0.229 e. The topological polar surface area (TPSA) is 102 Å². The second kappa shape index (κ2) is 6.16. The number of aromatic nitrogens is 8. The standard InChI is InChI=1S/C17H19N9O/c1-11-9-27-8-7-25(11)17-21-15(13-4-6-20-24(13)2)26-10-18-14(16(26)22-17)12-3-5-19-23-12/h3-6,10-11H,7-9H2,1-2H3,(H,19,23)/t11-/m1/s1. The summed E-state index contributed by atoms with van der Waals surface area (Å²) in [5, 5.41) is 11.3. The molecule has 1 aliphatic heterocycles. The molecule has 1 saturated heterocycles. The van der Waals surface area contributed by atoms with E-state index in [-0.39, 0.29) is 6.04 Å². The maximum atomic E-state index is 5.57. The predicted octanol–water partition coefficient (Wildman–Crippen LogP) is 1.14. The van der Waals surface area contributed by atoms with E-state index in [1.807, 2.05) is 23.6 Å². The summed E-state index contributed by atoms with van der Waals surface area (Å²) in [5.74, 6) is 1.41. The number of rotatable bonds is 3. The van der Waals surface area contributed by atoms with Gasteiger partial charge in [0.2, 0.25) is 5.95 Å². The van der Waals surface area contributed by atoms with Gasteiger partial charge in [0.1, 0.15) is 17.7 Å². The van der Waals surface area contributed by atoms with Gasteiger partial charge in [-0.2, -0.15) is 20.2 Å². The first kappa shape index (κ1) is 15.9. The van der Waals surface area contributed by atoms with Gasteiger partial charge in [-0.1, -0.05) is 0 Å². The van der Waals surface area contributed by atoms with Crippen molar-refractivity contribution in [3.63, 3.8) is 0 Å². The Morgan fingerprint density at radius 2 is 2.15 bits per heavy atom. The maximum absolute atomic E-state index is 5.57. The molecule has 0 amide bonds. The minimum absolute atomic E-state index is 0.194. The average Bonchev–Trinajstić information content (AvgIpc) is 3.41. The fourth-order valence-electron chi connectivity index (χ4n) is 3.38. The Hall–Kier alpha value is -3.27. The van der Waals surface area contributed by atoms with E-state index in [4.69, 9.17) is 14.7 Å². The van der Waals surface area contributed by atoms with Crippen molar-refractivity contribution >= 4 is 11.6 Å². The van der Waals surface area contributed by atoms with Crippen LogP contribution in [0, 0.1) is 0 Å². The number of imidazole rings is 1. The quantitative estimate of drug-likeness (QED) is 0.581. The van der Waals surface area contributed by atoms with Gasteiger partial charge in [-0.25, -0.2) is 4.98 Å². The molecule has 1 aliphatic rings. The number of aromatic amines is 1. The molecular weight excluding hydrogens is 346 g/mol. The molecule has 4 aromatic rings. The first-order valence-electron chi connectivity index (χ1n) is 8.80. The summed E-state index contributed by atoms with van der Waals surface area (Å²) < 4.78 is 9.25. The highest BCUT2D eigenvalue weighted by Crippen LogP contribution is 2.27. The Labute approximate surface area is 154 Å². The van der Waals surface area contributed by atoms with Crippen LogP contribution in [0.3, 0.4) is 0 Å². The SMILES string of the molecule is C[C@@H]1COCCN1c1nc(-c2ccnn2C)n2cnc(-c3ccn[nH]3)c2n1. The number of ether oxygens (including phenoxy) is 1. The number of H-pyrrole nitrogens is 1. The highest BCUT2D eigenvalue weighted by Gasteiger charge is 2.25. The molecule has 0 saturated carbocycles. The lowest BCUT2D eigenvalue weighted by molar-refractivity contribution is 0.0981. The predicted molar refractivity (Wildman–Crippen MR) is 98.2 cm³/mol. The van der Waals surface area contributed by atoms with Crippen LogP contribution in [0.15, 0.2) is 30.9 Å². The van der Waals surface area contributed by atoms with Crippen LogP contribution in [0.1, 0.15) is 6.92 Å². The normalized spacial score (nSPS) is 17.7. The minimum Gasteiger partial charge on any atom is -0.377 e. The minimum atomic E-state index is 0.194. The molecule has 0 aromatic carbocycles. The fourth-order valence-corrected chi connectivity index (χ4v) is 3.38. The zero-order valence-electron chi connectivity index (χ0n) is 15.1. The number of nitrogens with one attached hydrogen (secondary N) is 1. The summed E-state index contributed by atoms with van der Waals surface area (Å²) in [5.41, 5.74) is 3.16. The van der Waals surface area contributed by atoms with E-state index in [2.05, 4.69) is 32.1 Å². The number of fused-ring (bicyclic) bond motifs is 1. The average molecular weight is 365 g/mol. The third kappa shape index (κ3) is 2.56. The van der Waals surface area contributed by atoms with E-state index in [1.165, 1.54) is 0 Å². The van der Waals surface area contributed by atoms with E-state index >= 15 is 0 Å². The van der Waals surface area contributed by atoms with Gasteiger partial charge >= 0.3 is 0 Å². The molecule has 0 aliphatic carbocycles. The zero-order chi connectivity index (χ0) is 18.4. The Balaban J connectivity index is 1.76. The summed E-state index contributed by atoms with van der Waals surface area (Å²) >= 11 is 0. The van der Waals surface area contributed by atoms with Gasteiger partial charge in [0.25, 0.3) is 0 Å². The molecule has 10 heteroatoms. The third-order valence-electron chi connectivity index (χ3n) is 4.81. The van der Waals surface area contributed by atoms with Crippen molar-refractivity contribution in [3.8, 4) is 22.9 Å². The van der Waals surface area contributed by atoms with Crippen LogP contribution < -0.4 is 4.90 Å². The molecular formula is C17H19N9O. The van der Waals surface area contributed by atoms with E-state index in [0.29, 0.717) is 19.2 Å². The summed E-state index contributed by atoms with van der Waals surface area (Å²) in [6.07, 6.45) is 5.20. The van der Waals surface area contributed by atoms with E-state index in [9.17, 15) is 0 Å². The maximum Gasteiger partial charge on any atom is 0.229 e. The molecule has 27 heavy (non-hydrogen) atoms. The van der Waals surface area contributed by atoms with Crippen LogP contribution in [-0.4, -0.2) is 65.1 Å². The van der Waals surface area contributed by atoms with Crippen molar-refractivity contribution in [3.05, 3.63) is 30.9 Å². The Kier molecular flexibility index (Phi) is 3.64. The lowest BCUT2D eigenvalue weighted by Crippen LogP contribution is -2.44. The van der Waals surface area contributed by atoms with Crippen molar-refractivity contribution in [1.82, 2.24) is 39.3 Å². The second-order valence-corrected chi connectivity index (χ2v) is 6.56. The van der Waals surface area contributed by atoms with Crippen LogP contribution in [0.4, 0.5) is 5.95 Å². The van der Waals surface area contributed by atoms with E-state index < -0.39 is 0 Å². The molecule has 5 heterocycles. The molecule has 0 spiro atoms. The van der Waals surface area contributed by atoms with Crippen LogP contribution in [0.25, 0.3) is 28.6 Å². The van der Waals surface area contributed by atoms with Gasteiger partial charge < -0.3 is 9.64 Å². The molecule has 1 N–H and O–H groups in total. The molecule has 0 unspecified atom stereocenters. The Morgan fingerprint density at radius 3 is 2.89 bits per heavy atom. The van der Waals surface area contributed by atoms with Crippen LogP contribution in [0.2, 0.25) is 0 Å². The van der Waals surface area contributed by atoms with E-state index in [0.717, 1.165) is 35.1 Å². The fraction of sp³-hybridized carbons (Fsp3) is 0.353. The summed E-state index contributed by atoms with van der Waals surface area (Å²) in [4.78, 5) is 16.4. The molecule has 0 radical (unpaired) electrons. The summed E-state index contributed by atoms with van der Waals surface area (Å²) in [7, 11) is 1.90. The number of hydrogen-bond donors (Lipinski definition) is 1. The first-order valence-corrected chi connectivity index (χ1v) is 8.80. The monoisotopic (exact) mass is 365 g/mol. The third-order valence-corrected chi connectivity index (χ3v) is 4.81. The number of hydrogen-bond acceptors (Lipinski definition) is 7. The summed E-state index contributed by atoms with van der Waals surface area (Å²) in [6, 6.07) is 4.01. The van der Waals surface area contributed by atoms with Crippen LogP contribution in [-0.2, 0) is 11.8 Å². The Morgan fingerprint density at radius 1 is 1.22 bits per heavy atom. The zero-order valence-corrected chi connectivity index (χ0v) is 15.1. The number of nitrogens with zero attached hydrogens (tertiary/aromatic N) is 8. The summed E-state index contributed by atoms with van der Waals surface area (Å²) in [6.45, 7) is 4.17. The largest absolute Gasteiger partial charge is 0.377 e. The van der Waals surface area contributed by atoms with Gasteiger partial charge in [-0.15, -0.1) is 0 Å². The Bertz CT molecular complexity index is 1080. The molecule has 10 nitrogen and oxygen atoms in total. The molecule has 1 fully saturated rings. The number of morpholine rings is 1. The van der Waals surface area contributed by atoms with Gasteiger partial charge in [0.15, 0.2) is 11.5 Å². The molecule has 5 rings (SSSR count). The molecule has 4 aromatic heterocycles. The molecule has 1 atom stereocenters. The van der Waals surface area contributed by atoms with Crippen LogP contribution >= 0.6 is 0 Å². The lowest BCUT2D eigenvalue weighted by Gasteiger charge is -2.33. The van der Waals surface area contributed by atoms with Gasteiger partial charge in [-0.05, 0) is 19.1 Å². The molecule has 138 valence electrons.